The van der Waals surface area contributed by atoms with Crippen LogP contribution in [0.25, 0.3) is 0 Å². The van der Waals surface area contributed by atoms with Crippen LogP contribution in [0.3, 0.4) is 0 Å². The monoisotopic (exact) mass is 350 g/mol. The molecule has 3 rings (SSSR count). The number of pyridine rings is 1. The lowest BCUT2D eigenvalue weighted by Crippen LogP contribution is -2.46. The predicted molar refractivity (Wildman–Crippen MR) is 87.4 cm³/mol. The van der Waals surface area contributed by atoms with Crippen molar-refractivity contribution < 1.29 is 13.2 Å². The Hall–Kier alpha value is -2.42. The summed E-state index contributed by atoms with van der Waals surface area (Å²) in [6, 6.07) is 2.14. The lowest BCUT2D eigenvalue weighted by Gasteiger charge is -2.35. The number of carbonyl (C=O) groups is 1. The molecule has 1 aliphatic heterocycles. The van der Waals surface area contributed by atoms with E-state index in [0.717, 1.165) is 0 Å². The van der Waals surface area contributed by atoms with Crippen molar-refractivity contribution in [2.75, 3.05) is 18.1 Å². The van der Waals surface area contributed by atoms with Gasteiger partial charge in [0, 0.05) is 37.1 Å². The first-order chi connectivity index (χ1) is 11.4. The number of aromatic amines is 1. The summed E-state index contributed by atoms with van der Waals surface area (Å²) in [5.41, 5.74) is 0.716. The molecule has 0 unspecified atom stereocenters. The average molecular weight is 350 g/mol. The van der Waals surface area contributed by atoms with Crippen LogP contribution in [-0.4, -0.2) is 52.0 Å². The Bertz CT molecular complexity index is 895. The molecule has 1 N–H and O–H groups in total. The zero-order valence-electron chi connectivity index (χ0n) is 13.2. The number of amides is 1. The highest BCUT2D eigenvalue weighted by Gasteiger charge is 2.36. The maximum absolute atomic E-state index is 12.8. The van der Waals surface area contributed by atoms with Gasteiger partial charge in [-0.15, -0.1) is 0 Å². The van der Waals surface area contributed by atoms with E-state index >= 15 is 0 Å². The molecular weight excluding hydrogens is 332 g/mol. The van der Waals surface area contributed by atoms with Crippen molar-refractivity contribution in [2.24, 2.45) is 0 Å². The molecule has 2 aromatic heterocycles. The van der Waals surface area contributed by atoms with Gasteiger partial charge in [0.2, 0.25) is 5.56 Å². The quantitative estimate of drug-likeness (QED) is 0.851. The fourth-order valence-electron chi connectivity index (χ4n) is 2.76. The van der Waals surface area contributed by atoms with Crippen LogP contribution in [0.2, 0.25) is 0 Å². The number of sulfone groups is 1. The SMILES string of the molecule is CCn1cc([C@@H]2CS(=O)(=O)CCN2C(=O)c2ccc(=O)[nH]c2)cn1. The number of hydrogen-bond acceptors (Lipinski definition) is 5. The molecule has 9 heteroatoms. The highest BCUT2D eigenvalue weighted by molar-refractivity contribution is 7.91. The Morgan fingerprint density at radius 2 is 2.21 bits per heavy atom. The van der Waals surface area contributed by atoms with E-state index in [-0.39, 0.29) is 29.5 Å². The standard InChI is InChI=1S/C15H18N4O4S/c1-2-18-9-12(8-17-18)13-10-24(22,23)6-5-19(13)15(21)11-3-4-14(20)16-7-11/h3-4,7-9,13H,2,5-6,10H2,1H3,(H,16,20)/t13-/m0/s1. The number of nitrogens with one attached hydrogen (secondary N) is 1. The normalized spacial score (nSPS) is 20.0. The first kappa shape index (κ1) is 16.4. The Kier molecular flexibility index (Phi) is 4.27. The van der Waals surface area contributed by atoms with Crippen LogP contribution in [-0.2, 0) is 16.4 Å². The van der Waals surface area contributed by atoms with Gasteiger partial charge in [0.15, 0.2) is 9.84 Å². The van der Waals surface area contributed by atoms with E-state index in [0.29, 0.717) is 17.7 Å². The molecule has 0 aromatic carbocycles. The van der Waals surface area contributed by atoms with Gasteiger partial charge >= 0.3 is 0 Å². The van der Waals surface area contributed by atoms with Crippen molar-refractivity contribution in [1.29, 1.82) is 0 Å². The maximum atomic E-state index is 12.8. The molecule has 24 heavy (non-hydrogen) atoms. The Morgan fingerprint density at radius 3 is 2.83 bits per heavy atom. The van der Waals surface area contributed by atoms with Crippen molar-refractivity contribution >= 4 is 15.7 Å². The van der Waals surface area contributed by atoms with Gasteiger partial charge in [0.05, 0.1) is 29.3 Å². The minimum Gasteiger partial charge on any atom is -0.329 e. The summed E-state index contributed by atoms with van der Waals surface area (Å²) in [5.74, 6) is -0.506. The van der Waals surface area contributed by atoms with E-state index in [4.69, 9.17) is 0 Å². The van der Waals surface area contributed by atoms with Crippen LogP contribution in [0.1, 0.15) is 28.9 Å². The first-order valence-corrected chi connectivity index (χ1v) is 9.44. The predicted octanol–water partition coefficient (Wildman–Crippen LogP) is 0.203. The van der Waals surface area contributed by atoms with Gasteiger partial charge in [-0.3, -0.25) is 14.3 Å². The summed E-state index contributed by atoms with van der Waals surface area (Å²) in [6.45, 7) is 2.70. The maximum Gasteiger partial charge on any atom is 0.255 e. The topological polar surface area (TPSA) is 105 Å². The molecule has 0 radical (unpaired) electrons. The Morgan fingerprint density at radius 1 is 1.42 bits per heavy atom. The van der Waals surface area contributed by atoms with E-state index in [2.05, 4.69) is 10.1 Å². The minimum atomic E-state index is -3.22. The number of H-pyrrole nitrogens is 1. The second-order valence-corrected chi connectivity index (χ2v) is 7.93. The second-order valence-electron chi connectivity index (χ2n) is 5.70. The molecule has 1 fully saturated rings. The van der Waals surface area contributed by atoms with Gasteiger partial charge in [-0.25, -0.2) is 8.42 Å². The molecule has 8 nitrogen and oxygen atoms in total. The highest BCUT2D eigenvalue weighted by atomic mass is 32.2. The van der Waals surface area contributed by atoms with E-state index in [1.165, 1.54) is 23.2 Å². The molecule has 0 bridgehead atoms. The Labute approximate surface area is 139 Å². The summed E-state index contributed by atoms with van der Waals surface area (Å²) in [5, 5.41) is 4.17. The smallest absolute Gasteiger partial charge is 0.255 e. The third-order valence-corrected chi connectivity index (χ3v) is 5.71. The molecule has 2 aromatic rings. The van der Waals surface area contributed by atoms with Gasteiger partial charge in [-0.05, 0) is 13.0 Å². The van der Waals surface area contributed by atoms with Crippen LogP contribution in [0, 0.1) is 0 Å². The third kappa shape index (κ3) is 3.25. The van der Waals surface area contributed by atoms with E-state index in [1.807, 2.05) is 6.92 Å². The number of aryl methyl sites for hydroxylation is 1. The van der Waals surface area contributed by atoms with Crippen LogP contribution >= 0.6 is 0 Å². The van der Waals surface area contributed by atoms with Crippen LogP contribution in [0.4, 0.5) is 0 Å². The Balaban J connectivity index is 1.95. The van der Waals surface area contributed by atoms with E-state index < -0.39 is 15.9 Å². The van der Waals surface area contributed by atoms with Gasteiger partial charge < -0.3 is 9.88 Å². The van der Waals surface area contributed by atoms with E-state index in [1.54, 1.807) is 17.1 Å². The molecule has 0 spiro atoms. The highest BCUT2D eigenvalue weighted by Crippen LogP contribution is 2.28. The van der Waals surface area contributed by atoms with Gasteiger partial charge in [0.25, 0.3) is 5.91 Å². The third-order valence-electron chi connectivity index (χ3n) is 4.09. The molecule has 0 aliphatic carbocycles. The molecule has 128 valence electrons. The minimum absolute atomic E-state index is 0.0689. The van der Waals surface area contributed by atoms with Crippen molar-refractivity contribution in [3.05, 3.63) is 52.2 Å². The van der Waals surface area contributed by atoms with E-state index in [9.17, 15) is 18.0 Å². The molecule has 1 aliphatic rings. The molecule has 3 heterocycles. The average Bonchev–Trinajstić information content (AvgIpc) is 3.03. The summed E-state index contributed by atoms with van der Waals surface area (Å²) < 4.78 is 25.8. The molecule has 1 amide bonds. The molecule has 1 saturated heterocycles. The number of carbonyl (C=O) groups excluding carboxylic acids is 1. The van der Waals surface area contributed by atoms with Crippen molar-refractivity contribution in [3.63, 3.8) is 0 Å². The largest absolute Gasteiger partial charge is 0.329 e. The second kappa shape index (κ2) is 6.23. The van der Waals surface area contributed by atoms with Crippen LogP contribution in [0.15, 0.2) is 35.5 Å². The lowest BCUT2D eigenvalue weighted by atomic mass is 10.1. The van der Waals surface area contributed by atoms with Crippen molar-refractivity contribution in [2.45, 2.75) is 19.5 Å². The summed E-state index contributed by atoms with van der Waals surface area (Å²) in [4.78, 5) is 27.9. The number of hydrogen-bond donors (Lipinski definition) is 1. The number of aromatic nitrogens is 3. The van der Waals surface area contributed by atoms with Crippen molar-refractivity contribution in [1.82, 2.24) is 19.7 Å². The summed E-state index contributed by atoms with van der Waals surface area (Å²) >= 11 is 0. The lowest BCUT2D eigenvalue weighted by molar-refractivity contribution is 0.0697. The first-order valence-electron chi connectivity index (χ1n) is 7.62. The fraction of sp³-hybridized carbons (Fsp3) is 0.400. The summed E-state index contributed by atoms with van der Waals surface area (Å²) in [6.07, 6.45) is 4.71. The van der Waals surface area contributed by atoms with Gasteiger partial charge in [-0.2, -0.15) is 5.10 Å². The number of nitrogens with zero attached hydrogens (tertiary/aromatic N) is 3. The zero-order valence-corrected chi connectivity index (χ0v) is 14.0. The molecule has 1 atom stereocenters. The summed E-state index contributed by atoms with van der Waals surface area (Å²) in [7, 11) is -3.22. The number of rotatable bonds is 3. The van der Waals surface area contributed by atoms with Crippen LogP contribution in [0.5, 0.6) is 0 Å². The fourth-order valence-corrected chi connectivity index (χ4v) is 4.26. The van der Waals surface area contributed by atoms with Gasteiger partial charge in [-0.1, -0.05) is 0 Å². The molecular formula is C15H18N4O4S. The van der Waals surface area contributed by atoms with Gasteiger partial charge in [0.1, 0.15) is 0 Å². The van der Waals surface area contributed by atoms with Crippen LogP contribution < -0.4 is 5.56 Å². The molecule has 0 saturated carbocycles. The van der Waals surface area contributed by atoms with Crippen molar-refractivity contribution in [3.8, 4) is 0 Å². The zero-order chi connectivity index (χ0) is 17.3.